The molecule has 112 valence electrons. The minimum absolute atomic E-state index is 0.404. The minimum Gasteiger partial charge on any atom is -0.495 e. The maximum Gasteiger partial charge on any atom is 0.249 e. The molecule has 1 heterocycles. The Kier molecular flexibility index (Phi) is 5.28. The van der Waals surface area contributed by atoms with Gasteiger partial charge in [-0.15, -0.1) is 5.10 Å². The Labute approximate surface area is 123 Å². The van der Waals surface area contributed by atoms with Gasteiger partial charge in [-0.3, -0.25) is 0 Å². The number of ether oxygens (including phenoxy) is 2. The summed E-state index contributed by atoms with van der Waals surface area (Å²) >= 11 is 0. The smallest absolute Gasteiger partial charge is 0.249 e. The van der Waals surface area contributed by atoms with E-state index in [1.165, 1.54) is 0 Å². The molecule has 0 saturated heterocycles. The number of aromatic nitrogens is 3. The number of hydrogen-bond acceptors (Lipinski definition) is 7. The fraction of sp³-hybridized carbons (Fsp3) is 0.357. The second kappa shape index (κ2) is 7.39. The molecule has 2 rings (SSSR count). The van der Waals surface area contributed by atoms with E-state index in [1.54, 1.807) is 20.4 Å². The van der Waals surface area contributed by atoms with Gasteiger partial charge in [0, 0.05) is 13.7 Å². The molecule has 0 unspecified atom stereocenters. The van der Waals surface area contributed by atoms with E-state index < -0.39 is 0 Å². The van der Waals surface area contributed by atoms with E-state index in [0.29, 0.717) is 24.9 Å². The van der Waals surface area contributed by atoms with Gasteiger partial charge in [0.15, 0.2) is 5.82 Å². The van der Waals surface area contributed by atoms with Crippen LogP contribution in [0.3, 0.4) is 0 Å². The van der Waals surface area contributed by atoms with E-state index >= 15 is 0 Å². The molecule has 0 spiro atoms. The van der Waals surface area contributed by atoms with Crippen molar-refractivity contribution in [3.05, 3.63) is 30.0 Å². The maximum absolute atomic E-state index is 5.31. The molecule has 2 aromatic rings. The van der Waals surface area contributed by atoms with E-state index in [4.69, 9.17) is 9.47 Å². The highest BCUT2D eigenvalue weighted by atomic mass is 16.5. The fourth-order valence-electron chi connectivity index (χ4n) is 1.76. The summed E-state index contributed by atoms with van der Waals surface area (Å²) in [5, 5.41) is 14.1. The van der Waals surface area contributed by atoms with E-state index in [0.717, 1.165) is 17.0 Å². The van der Waals surface area contributed by atoms with Crippen LogP contribution in [0.2, 0.25) is 0 Å². The van der Waals surface area contributed by atoms with Gasteiger partial charge in [0.1, 0.15) is 5.75 Å². The zero-order chi connectivity index (χ0) is 15.1. The Morgan fingerprint density at radius 3 is 2.86 bits per heavy atom. The second-order valence-corrected chi connectivity index (χ2v) is 4.41. The van der Waals surface area contributed by atoms with Crippen molar-refractivity contribution in [2.24, 2.45) is 0 Å². The maximum atomic E-state index is 5.31. The van der Waals surface area contributed by atoms with E-state index in [1.807, 2.05) is 25.1 Å². The number of methoxy groups -OCH3 is 2. The summed E-state index contributed by atoms with van der Waals surface area (Å²) in [6, 6.07) is 5.84. The molecule has 1 aromatic heterocycles. The molecule has 0 radical (unpaired) electrons. The van der Waals surface area contributed by atoms with Crippen LogP contribution in [0, 0.1) is 6.92 Å². The van der Waals surface area contributed by atoms with Gasteiger partial charge in [0.05, 0.1) is 25.6 Å². The number of nitrogens with zero attached hydrogens (tertiary/aromatic N) is 3. The predicted molar refractivity (Wildman–Crippen MR) is 81.2 cm³/mol. The Balaban J connectivity index is 2.12. The lowest BCUT2D eigenvalue weighted by Crippen LogP contribution is -2.10. The van der Waals surface area contributed by atoms with Crippen molar-refractivity contribution in [1.82, 2.24) is 15.2 Å². The SMILES string of the molecule is COCCNc1cnnc(Nc2cc(C)ccc2OC)n1. The number of anilines is 3. The second-order valence-electron chi connectivity index (χ2n) is 4.41. The molecular weight excluding hydrogens is 270 g/mol. The standard InChI is InChI=1S/C14H19N5O2/c1-10-4-5-12(21-3)11(8-10)17-14-18-13(9-16-19-14)15-6-7-20-2/h4-5,8-9H,6-7H2,1-3H3,(H2,15,17,18,19). The Morgan fingerprint density at radius 2 is 2.10 bits per heavy atom. The first kappa shape index (κ1) is 15.0. The number of rotatable bonds is 7. The van der Waals surface area contributed by atoms with Gasteiger partial charge in [-0.1, -0.05) is 6.07 Å². The highest BCUT2D eigenvalue weighted by Gasteiger charge is 2.06. The number of nitrogens with one attached hydrogen (secondary N) is 2. The summed E-state index contributed by atoms with van der Waals surface area (Å²) in [5.41, 5.74) is 1.91. The lowest BCUT2D eigenvalue weighted by molar-refractivity contribution is 0.210. The van der Waals surface area contributed by atoms with Crippen LogP contribution in [0.15, 0.2) is 24.4 Å². The lowest BCUT2D eigenvalue weighted by atomic mass is 10.2. The van der Waals surface area contributed by atoms with Crippen molar-refractivity contribution in [3.8, 4) is 5.75 Å². The normalized spacial score (nSPS) is 10.2. The third-order valence-electron chi connectivity index (χ3n) is 2.77. The van der Waals surface area contributed by atoms with Gasteiger partial charge in [0.25, 0.3) is 0 Å². The van der Waals surface area contributed by atoms with Crippen LogP contribution >= 0.6 is 0 Å². The highest BCUT2D eigenvalue weighted by molar-refractivity contribution is 5.63. The van der Waals surface area contributed by atoms with Crippen LogP contribution in [-0.2, 0) is 4.74 Å². The van der Waals surface area contributed by atoms with Gasteiger partial charge in [-0.25, -0.2) is 0 Å². The zero-order valence-electron chi connectivity index (χ0n) is 12.4. The zero-order valence-corrected chi connectivity index (χ0v) is 12.4. The predicted octanol–water partition coefficient (Wildman–Crippen LogP) is 1.99. The summed E-state index contributed by atoms with van der Waals surface area (Å²) < 4.78 is 10.3. The molecule has 7 nitrogen and oxygen atoms in total. The minimum atomic E-state index is 0.404. The first-order valence-corrected chi connectivity index (χ1v) is 6.57. The van der Waals surface area contributed by atoms with Crippen LogP contribution in [0.25, 0.3) is 0 Å². The highest BCUT2D eigenvalue weighted by Crippen LogP contribution is 2.27. The van der Waals surface area contributed by atoms with Crippen LogP contribution in [-0.4, -0.2) is 42.6 Å². The molecule has 0 aliphatic carbocycles. The first-order valence-electron chi connectivity index (χ1n) is 6.57. The topological polar surface area (TPSA) is 81.2 Å². The number of hydrogen-bond donors (Lipinski definition) is 2. The van der Waals surface area contributed by atoms with Crippen molar-refractivity contribution in [3.63, 3.8) is 0 Å². The lowest BCUT2D eigenvalue weighted by Gasteiger charge is -2.11. The van der Waals surface area contributed by atoms with Crippen LogP contribution < -0.4 is 15.4 Å². The molecule has 7 heteroatoms. The third kappa shape index (κ3) is 4.28. The fourth-order valence-corrected chi connectivity index (χ4v) is 1.76. The Hall–Kier alpha value is -2.41. The molecule has 0 bridgehead atoms. The Morgan fingerprint density at radius 1 is 1.24 bits per heavy atom. The summed E-state index contributed by atoms with van der Waals surface area (Å²) in [6.07, 6.45) is 1.56. The van der Waals surface area contributed by atoms with Crippen molar-refractivity contribution in [2.75, 3.05) is 38.0 Å². The molecule has 0 aliphatic heterocycles. The average molecular weight is 289 g/mol. The summed E-state index contributed by atoms with van der Waals surface area (Å²) in [4.78, 5) is 4.34. The van der Waals surface area contributed by atoms with Gasteiger partial charge < -0.3 is 20.1 Å². The van der Waals surface area contributed by atoms with Crippen LogP contribution in [0.1, 0.15) is 5.56 Å². The first-order chi connectivity index (χ1) is 10.2. The molecule has 0 fully saturated rings. The average Bonchev–Trinajstić information content (AvgIpc) is 2.48. The van der Waals surface area contributed by atoms with Gasteiger partial charge in [0.2, 0.25) is 5.95 Å². The molecule has 21 heavy (non-hydrogen) atoms. The number of aryl methyl sites for hydroxylation is 1. The molecule has 0 amide bonds. The van der Waals surface area contributed by atoms with Crippen LogP contribution in [0.4, 0.5) is 17.5 Å². The largest absolute Gasteiger partial charge is 0.495 e. The summed E-state index contributed by atoms with van der Waals surface area (Å²) in [5.74, 6) is 1.76. The monoisotopic (exact) mass is 289 g/mol. The van der Waals surface area contributed by atoms with E-state index in [9.17, 15) is 0 Å². The van der Waals surface area contributed by atoms with Crippen molar-refractivity contribution in [2.45, 2.75) is 6.92 Å². The van der Waals surface area contributed by atoms with Crippen molar-refractivity contribution < 1.29 is 9.47 Å². The van der Waals surface area contributed by atoms with Crippen LogP contribution in [0.5, 0.6) is 5.75 Å². The van der Waals surface area contributed by atoms with Crippen molar-refractivity contribution >= 4 is 17.5 Å². The molecule has 0 aliphatic rings. The number of benzene rings is 1. The molecule has 1 aromatic carbocycles. The third-order valence-corrected chi connectivity index (χ3v) is 2.77. The summed E-state index contributed by atoms with van der Waals surface area (Å²) in [7, 11) is 3.27. The van der Waals surface area contributed by atoms with E-state index in [2.05, 4.69) is 25.8 Å². The van der Waals surface area contributed by atoms with E-state index in [-0.39, 0.29) is 0 Å². The summed E-state index contributed by atoms with van der Waals surface area (Å²) in [6.45, 7) is 3.26. The van der Waals surface area contributed by atoms with Crippen molar-refractivity contribution in [1.29, 1.82) is 0 Å². The Bertz CT molecular complexity index is 591. The molecule has 0 saturated carbocycles. The quantitative estimate of drug-likeness (QED) is 0.754. The molecular formula is C14H19N5O2. The van der Waals surface area contributed by atoms with Gasteiger partial charge in [-0.2, -0.15) is 10.1 Å². The van der Waals surface area contributed by atoms with Gasteiger partial charge in [-0.05, 0) is 24.6 Å². The molecule has 0 atom stereocenters. The molecule has 2 N–H and O–H groups in total. The van der Waals surface area contributed by atoms with Gasteiger partial charge >= 0.3 is 0 Å².